The number of sulfonamides is 1. The number of nitrogens with two attached hydrogens (primary N) is 1. The number of carbonyl (C=O) groups is 2. The van der Waals surface area contributed by atoms with Crippen LogP contribution in [0.4, 0.5) is 11.4 Å². The normalized spacial score (nSPS) is 10.9. The molecule has 0 aromatic heterocycles. The summed E-state index contributed by atoms with van der Waals surface area (Å²) >= 11 is 0. The fraction of sp³-hybridized carbons (Fsp3) is 0.167. The maximum absolute atomic E-state index is 13.6. The second-order valence-electron chi connectivity index (χ2n) is 7.32. The van der Waals surface area contributed by atoms with Gasteiger partial charge in [0.15, 0.2) is 11.5 Å². The summed E-state index contributed by atoms with van der Waals surface area (Å²) in [5.74, 6) is -0.779. The highest BCUT2D eigenvalue weighted by Crippen LogP contribution is 2.32. The Morgan fingerprint density at radius 2 is 1.59 bits per heavy atom. The van der Waals surface area contributed by atoms with Crippen LogP contribution in [0.15, 0.2) is 71.6 Å². The summed E-state index contributed by atoms with van der Waals surface area (Å²) in [6, 6.07) is 17.1. The number of para-hydroxylation sites is 1. The molecule has 9 nitrogen and oxygen atoms in total. The van der Waals surface area contributed by atoms with Gasteiger partial charge in [-0.15, -0.1) is 0 Å². The van der Waals surface area contributed by atoms with Crippen LogP contribution in [0.25, 0.3) is 0 Å². The van der Waals surface area contributed by atoms with Crippen molar-refractivity contribution in [3.63, 3.8) is 0 Å². The molecule has 3 aromatic carbocycles. The van der Waals surface area contributed by atoms with Gasteiger partial charge in [-0.2, -0.15) is 0 Å². The van der Waals surface area contributed by atoms with Crippen LogP contribution in [0, 0.1) is 6.92 Å². The van der Waals surface area contributed by atoms with Gasteiger partial charge in [-0.25, -0.2) is 8.42 Å². The number of primary amides is 1. The van der Waals surface area contributed by atoms with Crippen LogP contribution in [-0.4, -0.2) is 41.0 Å². The SMILES string of the molecule is COc1ccc(S(=O)(=O)N(CC(=O)Nc2ccccc2C(N)=O)c2ccc(C)cc2)cc1OC. The molecule has 178 valence electrons. The first kappa shape index (κ1) is 24.6. The monoisotopic (exact) mass is 483 g/mol. The minimum absolute atomic E-state index is 0.0870. The van der Waals surface area contributed by atoms with Gasteiger partial charge in [0, 0.05) is 6.07 Å². The lowest BCUT2D eigenvalue weighted by molar-refractivity contribution is -0.114. The van der Waals surface area contributed by atoms with Crippen molar-refractivity contribution < 1.29 is 27.5 Å². The molecule has 0 spiro atoms. The van der Waals surface area contributed by atoms with E-state index in [1.807, 2.05) is 6.92 Å². The van der Waals surface area contributed by atoms with Crippen LogP contribution in [0.2, 0.25) is 0 Å². The number of nitrogens with one attached hydrogen (secondary N) is 1. The first-order valence-corrected chi connectivity index (χ1v) is 11.6. The van der Waals surface area contributed by atoms with Crippen molar-refractivity contribution in [3.8, 4) is 11.5 Å². The molecular weight excluding hydrogens is 458 g/mol. The highest BCUT2D eigenvalue weighted by atomic mass is 32.2. The minimum atomic E-state index is -4.19. The van der Waals surface area contributed by atoms with E-state index >= 15 is 0 Å². The summed E-state index contributed by atoms with van der Waals surface area (Å²) in [4.78, 5) is 24.5. The molecule has 0 aliphatic carbocycles. The number of nitrogens with zero attached hydrogens (tertiary/aromatic N) is 1. The number of anilines is 2. The van der Waals surface area contributed by atoms with E-state index in [1.165, 1.54) is 44.6 Å². The Bertz CT molecular complexity index is 1310. The van der Waals surface area contributed by atoms with Crippen molar-refractivity contribution in [2.45, 2.75) is 11.8 Å². The average molecular weight is 484 g/mol. The Labute approximate surface area is 198 Å². The molecule has 34 heavy (non-hydrogen) atoms. The maximum Gasteiger partial charge on any atom is 0.264 e. The molecule has 0 aliphatic heterocycles. The number of benzene rings is 3. The molecule has 0 bridgehead atoms. The fourth-order valence-corrected chi connectivity index (χ4v) is 4.69. The molecule has 2 amide bonds. The molecule has 3 N–H and O–H groups in total. The Kier molecular flexibility index (Phi) is 7.42. The van der Waals surface area contributed by atoms with Gasteiger partial charge in [-0.3, -0.25) is 13.9 Å². The molecule has 0 heterocycles. The zero-order valence-corrected chi connectivity index (χ0v) is 19.8. The van der Waals surface area contributed by atoms with Gasteiger partial charge in [-0.05, 0) is 43.3 Å². The first-order chi connectivity index (χ1) is 16.2. The second-order valence-corrected chi connectivity index (χ2v) is 9.18. The number of hydrogen-bond acceptors (Lipinski definition) is 6. The number of hydrogen-bond donors (Lipinski definition) is 2. The van der Waals surface area contributed by atoms with Gasteiger partial charge >= 0.3 is 0 Å². The Morgan fingerprint density at radius 1 is 0.941 bits per heavy atom. The fourth-order valence-electron chi connectivity index (χ4n) is 3.26. The van der Waals surface area contributed by atoms with Gasteiger partial charge in [0.05, 0.1) is 36.1 Å². The molecule has 0 radical (unpaired) electrons. The topological polar surface area (TPSA) is 128 Å². The summed E-state index contributed by atoms with van der Waals surface area (Å²) in [6.45, 7) is 1.32. The van der Waals surface area contributed by atoms with E-state index in [4.69, 9.17) is 15.2 Å². The van der Waals surface area contributed by atoms with E-state index in [9.17, 15) is 18.0 Å². The van der Waals surface area contributed by atoms with Crippen LogP contribution in [0.1, 0.15) is 15.9 Å². The lowest BCUT2D eigenvalue weighted by Gasteiger charge is -2.25. The number of rotatable bonds is 9. The Hall–Kier alpha value is -4.05. The molecular formula is C24H25N3O6S. The van der Waals surface area contributed by atoms with Crippen molar-refractivity contribution in [2.24, 2.45) is 5.73 Å². The Morgan fingerprint density at radius 3 is 2.21 bits per heavy atom. The smallest absolute Gasteiger partial charge is 0.264 e. The summed E-state index contributed by atoms with van der Waals surface area (Å²) in [7, 11) is -1.35. The van der Waals surface area contributed by atoms with E-state index in [1.54, 1.807) is 36.4 Å². The average Bonchev–Trinajstić information content (AvgIpc) is 2.82. The predicted molar refractivity (Wildman–Crippen MR) is 129 cm³/mol. The number of carbonyl (C=O) groups excluding carboxylic acids is 2. The molecule has 0 saturated heterocycles. The predicted octanol–water partition coefficient (Wildman–Crippen LogP) is 2.95. The minimum Gasteiger partial charge on any atom is -0.493 e. The molecule has 10 heteroatoms. The van der Waals surface area contributed by atoms with Gasteiger partial charge < -0.3 is 20.5 Å². The van der Waals surface area contributed by atoms with Gasteiger partial charge in [0.2, 0.25) is 5.91 Å². The van der Waals surface area contributed by atoms with Crippen LogP contribution in [0.3, 0.4) is 0 Å². The quantitative estimate of drug-likeness (QED) is 0.482. The number of amides is 2. The first-order valence-electron chi connectivity index (χ1n) is 10.2. The summed E-state index contributed by atoms with van der Waals surface area (Å²) in [5, 5.41) is 2.58. The van der Waals surface area contributed by atoms with E-state index in [0.717, 1.165) is 9.87 Å². The van der Waals surface area contributed by atoms with Crippen LogP contribution >= 0.6 is 0 Å². The molecule has 0 atom stereocenters. The van der Waals surface area contributed by atoms with E-state index < -0.39 is 28.4 Å². The van der Waals surface area contributed by atoms with Crippen LogP contribution < -0.4 is 24.8 Å². The lowest BCUT2D eigenvalue weighted by atomic mass is 10.1. The third-order valence-corrected chi connectivity index (χ3v) is 6.79. The van der Waals surface area contributed by atoms with Gasteiger partial charge in [0.25, 0.3) is 15.9 Å². The van der Waals surface area contributed by atoms with Crippen LogP contribution in [0.5, 0.6) is 11.5 Å². The summed E-state index contributed by atoms with van der Waals surface area (Å²) < 4.78 is 38.7. The van der Waals surface area contributed by atoms with Crippen molar-refractivity contribution in [3.05, 3.63) is 77.9 Å². The van der Waals surface area contributed by atoms with E-state index in [2.05, 4.69) is 5.32 Å². The molecule has 3 aromatic rings. The Balaban J connectivity index is 2.00. The summed E-state index contributed by atoms with van der Waals surface area (Å²) in [5.41, 5.74) is 6.89. The van der Waals surface area contributed by atoms with Gasteiger partial charge in [-0.1, -0.05) is 29.8 Å². The maximum atomic E-state index is 13.6. The van der Waals surface area contributed by atoms with E-state index in [0.29, 0.717) is 11.4 Å². The third-order valence-electron chi connectivity index (χ3n) is 5.02. The molecule has 0 fully saturated rings. The zero-order valence-electron chi connectivity index (χ0n) is 18.9. The third kappa shape index (κ3) is 5.29. The van der Waals surface area contributed by atoms with Crippen molar-refractivity contribution >= 4 is 33.2 Å². The standard InChI is InChI=1S/C24H25N3O6S/c1-16-8-10-17(11-9-16)27(15-23(28)26-20-7-5-4-6-19(20)24(25)29)34(30,31)18-12-13-21(32-2)22(14-18)33-3/h4-14H,15H2,1-3H3,(H2,25,29)(H,26,28). The molecule has 0 aliphatic rings. The number of aryl methyl sites for hydroxylation is 1. The van der Waals surface area contributed by atoms with Gasteiger partial charge in [0.1, 0.15) is 6.54 Å². The van der Waals surface area contributed by atoms with E-state index in [-0.39, 0.29) is 21.9 Å². The lowest BCUT2D eigenvalue weighted by Crippen LogP contribution is -2.38. The summed E-state index contributed by atoms with van der Waals surface area (Å²) in [6.07, 6.45) is 0. The number of methoxy groups -OCH3 is 2. The van der Waals surface area contributed by atoms with Crippen LogP contribution in [-0.2, 0) is 14.8 Å². The largest absolute Gasteiger partial charge is 0.493 e. The molecule has 3 rings (SSSR count). The zero-order chi connectivity index (χ0) is 24.9. The second kappa shape index (κ2) is 10.3. The molecule has 0 unspecified atom stereocenters. The highest BCUT2D eigenvalue weighted by Gasteiger charge is 2.28. The molecule has 0 saturated carbocycles. The van der Waals surface area contributed by atoms with Crippen molar-refractivity contribution in [1.82, 2.24) is 0 Å². The highest BCUT2D eigenvalue weighted by molar-refractivity contribution is 7.92. The van der Waals surface area contributed by atoms with Crippen molar-refractivity contribution in [1.29, 1.82) is 0 Å². The number of ether oxygens (including phenoxy) is 2. The van der Waals surface area contributed by atoms with Crippen molar-refractivity contribution in [2.75, 3.05) is 30.4 Å².